The smallest absolute Gasteiger partial charge is 0.148 e. The fourth-order valence-electron chi connectivity index (χ4n) is 11.7. The van der Waals surface area contributed by atoms with Gasteiger partial charge >= 0.3 is 0 Å². The minimum absolute atomic E-state index is 0.00176. The number of likely N-dealkylation sites (tertiary alicyclic amines) is 1. The van der Waals surface area contributed by atoms with Crippen LogP contribution in [-0.4, -0.2) is 107 Å². The molecule has 0 aromatic carbocycles. The molecular formula is C26H41NO7. The molecule has 7 fully saturated rings. The Morgan fingerprint density at radius 1 is 1.09 bits per heavy atom. The fraction of sp³-hybridized carbons (Fsp3) is 1.00. The van der Waals surface area contributed by atoms with Gasteiger partial charge in [0.15, 0.2) is 0 Å². The van der Waals surface area contributed by atoms with Crippen molar-refractivity contribution in [2.75, 3.05) is 54.9 Å². The Morgan fingerprint density at radius 2 is 1.91 bits per heavy atom. The van der Waals surface area contributed by atoms with Gasteiger partial charge in [0.05, 0.1) is 37.1 Å². The summed E-state index contributed by atoms with van der Waals surface area (Å²) >= 11 is 0. The third-order valence-corrected chi connectivity index (χ3v) is 12.0. The largest absolute Gasteiger partial charge is 0.392 e. The maximum atomic E-state index is 11.8. The van der Waals surface area contributed by atoms with Gasteiger partial charge in [-0.1, -0.05) is 6.92 Å². The van der Waals surface area contributed by atoms with Crippen molar-refractivity contribution in [2.24, 2.45) is 34.5 Å². The lowest BCUT2D eigenvalue weighted by atomic mass is 9.42. The zero-order chi connectivity index (χ0) is 23.7. The number of likely N-dealkylation sites (N-methyl/N-ethyl adjacent to an activating group) is 1. The van der Waals surface area contributed by atoms with Gasteiger partial charge in [0.2, 0.25) is 0 Å². The van der Waals surface area contributed by atoms with Crippen molar-refractivity contribution in [3.05, 3.63) is 0 Å². The summed E-state index contributed by atoms with van der Waals surface area (Å²) in [6.45, 7) is 5.11. The van der Waals surface area contributed by atoms with Crippen molar-refractivity contribution in [3.8, 4) is 0 Å². The van der Waals surface area contributed by atoms with Crippen molar-refractivity contribution in [3.63, 3.8) is 0 Å². The Morgan fingerprint density at radius 3 is 2.59 bits per heavy atom. The number of hydrogen-bond acceptors (Lipinski definition) is 8. The van der Waals surface area contributed by atoms with Gasteiger partial charge in [0, 0.05) is 70.0 Å². The monoisotopic (exact) mass is 479 g/mol. The maximum Gasteiger partial charge on any atom is 0.148 e. The molecular weight excluding hydrogens is 438 g/mol. The predicted octanol–water partition coefficient (Wildman–Crippen LogP) is 1.29. The molecule has 7 rings (SSSR count). The van der Waals surface area contributed by atoms with Gasteiger partial charge in [-0.2, -0.15) is 0 Å². The standard InChI is InChI=1S/C26H41NO7/c1-6-27-11-23(12-29-2)8-7-17(31-4)25-15-9-14-16(30-3)10-24(18(15)19(14)28)26(22(25)27,34-13-33-24)21(32-5)20(23)25/h14-22,28H,6-13H2,1-5H3/t14-,15-,16+,17+,18-,19+,20-,21+,22?,23+,24-,25+,26-/m1/s1. The number of nitrogens with zero attached hydrogens (tertiary/aromatic N) is 1. The third-order valence-electron chi connectivity index (χ3n) is 12.0. The van der Waals surface area contributed by atoms with Crippen LogP contribution in [0.1, 0.15) is 32.6 Å². The van der Waals surface area contributed by atoms with E-state index in [1.807, 2.05) is 21.3 Å². The van der Waals surface area contributed by atoms with E-state index in [0.717, 1.165) is 38.8 Å². The van der Waals surface area contributed by atoms with E-state index < -0.39 is 17.3 Å². The van der Waals surface area contributed by atoms with Crippen molar-refractivity contribution >= 4 is 0 Å². The predicted molar refractivity (Wildman–Crippen MR) is 121 cm³/mol. The summed E-state index contributed by atoms with van der Waals surface area (Å²) in [7, 11) is 7.34. The Balaban J connectivity index is 1.56. The first-order valence-electron chi connectivity index (χ1n) is 13.2. The zero-order valence-electron chi connectivity index (χ0n) is 21.2. The van der Waals surface area contributed by atoms with Crippen LogP contribution in [0, 0.1) is 34.5 Å². The quantitative estimate of drug-likeness (QED) is 0.611. The zero-order valence-corrected chi connectivity index (χ0v) is 21.2. The number of fused-ring (bicyclic) bond motifs is 1. The summed E-state index contributed by atoms with van der Waals surface area (Å²) in [5, 5.41) is 11.8. The number of rotatable bonds is 6. The normalized spacial score (nSPS) is 61.1. The summed E-state index contributed by atoms with van der Waals surface area (Å²) in [5.74, 6) is 0.595. The number of hydrogen-bond donors (Lipinski definition) is 1. The minimum atomic E-state index is -0.673. The highest BCUT2D eigenvalue weighted by Crippen LogP contribution is 2.82. The molecule has 5 aliphatic carbocycles. The van der Waals surface area contributed by atoms with Gasteiger partial charge in [-0.3, -0.25) is 4.90 Å². The summed E-state index contributed by atoms with van der Waals surface area (Å²) < 4.78 is 38.7. The van der Waals surface area contributed by atoms with Crippen LogP contribution in [0.5, 0.6) is 0 Å². The highest BCUT2D eigenvalue weighted by Gasteiger charge is 2.93. The SMILES string of the molecule is CCN1C[C@]2(COC)CC[C@H](OC)[C@@]34C1[C@]1(OCO[C@@]15C[C@H](OC)[C@H]1C[C@@H]3[C@@H]5[C@H]1O)[C@@H](OC)[C@H]24. The number of aliphatic hydroxyl groups excluding tert-OH is 1. The topological polar surface area (TPSA) is 78.9 Å². The lowest BCUT2D eigenvalue weighted by Crippen LogP contribution is -2.81. The molecule has 0 aromatic rings. The average Bonchev–Trinajstić information content (AvgIpc) is 3.38. The van der Waals surface area contributed by atoms with Crippen LogP contribution >= 0.6 is 0 Å². The molecule has 2 saturated heterocycles. The molecule has 2 heterocycles. The van der Waals surface area contributed by atoms with Crippen molar-refractivity contribution in [1.82, 2.24) is 4.90 Å². The third kappa shape index (κ3) is 2.05. The van der Waals surface area contributed by atoms with Crippen LogP contribution in [0.25, 0.3) is 0 Å². The first-order chi connectivity index (χ1) is 16.5. The van der Waals surface area contributed by atoms with Gasteiger partial charge in [0.1, 0.15) is 18.0 Å². The van der Waals surface area contributed by atoms with Crippen LogP contribution < -0.4 is 0 Å². The Bertz CT molecular complexity index is 859. The van der Waals surface area contributed by atoms with Gasteiger partial charge in [-0.25, -0.2) is 0 Å². The van der Waals surface area contributed by atoms with Crippen LogP contribution in [0.15, 0.2) is 0 Å². The first-order valence-corrected chi connectivity index (χ1v) is 13.2. The lowest BCUT2D eigenvalue weighted by Gasteiger charge is -2.70. The summed E-state index contributed by atoms with van der Waals surface area (Å²) in [6.07, 6.45) is 3.14. The Hall–Kier alpha value is -0.320. The molecule has 1 unspecified atom stereocenters. The van der Waals surface area contributed by atoms with E-state index in [-0.39, 0.29) is 65.6 Å². The van der Waals surface area contributed by atoms with E-state index in [1.54, 1.807) is 7.11 Å². The molecule has 192 valence electrons. The molecule has 5 saturated carbocycles. The highest BCUT2D eigenvalue weighted by molar-refractivity contribution is 5.43. The van der Waals surface area contributed by atoms with Crippen LogP contribution in [-0.2, 0) is 28.4 Å². The van der Waals surface area contributed by atoms with E-state index >= 15 is 0 Å². The molecule has 0 aromatic heterocycles. The fourth-order valence-corrected chi connectivity index (χ4v) is 11.7. The molecule has 7 bridgehead atoms. The Labute approximate surface area is 202 Å². The summed E-state index contributed by atoms with van der Waals surface area (Å²) in [6, 6.07) is 0.112. The maximum absolute atomic E-state index is 11.8. The number of methoxy groups -OCH3 is 4. The van der Waals surface area contributed by atoms with Crippen molar-refractivity contribution in [1.29, 1.82) is 0 Å². The van der Waals surface area contributed by atoms with Crippen molar-refractivity contribution in [2.45, 2.75) is 74.3 Å². The number of piperidine rings is 1. The summed E-state index contributed by atoms with van der Waals surface area (Å²) in [5.41, 5.74) is -1.54. The van der Waals surface area contributed by atoms with Crippen LogP contribution in [0.3, 0.4) is 0 Å². The second-order valence-corrected chi connectivity index (χ2v) is 12.2. The van der Waals surface area contributed by atoms with E-state index in [0.29, 0.717) is 6.61 Å². The van der Waals surface area contributed by atoms with Crippen LogP contribution in [0.2, 0.25) is 0 Å². The minimum Gasteiger partial charge on any atom is -0.392 e. The molecule has 0 amide bonds. The van der Waals surface area contributed by atoms with E-state index in [1.165, 1.54) is 0 Å². The van der Waals surface area contributed by atoms with Gasteiger partial charge in [0.25, 0.3) is 0 Å². The molecule has 1 N–H and O–H groups in total. The second kappa shape index (κ2) is 7.16. The first kappa shape index (κ1) is 22.8. The van der Waals surface area contributed by atoms with E-state index in [2.05, 4.69) is 11.8 Å². The molecule has 8 nitrogen and oxygen atoms in total. The van der Waals surface area contributed by atoms with E-state index in [4.69, 9.17) is 28.4 Å². The van der Waals surface area contributed by atoms with Gasteiger partial charge in [-0.15, -0.1) is 0 Å². The number of ether oxygens (including phenoxy) is 6. The highest BCUT2D eigenvalue weighted by atomic mass is 16.7. The van der Waals surface area contributed by atoms with E-state index in [9.17, 15) is 5.11 Å². The molecule has 3 spiro atoms. The molecule has 2 aliphatic heterocycles. The lowest BCUT2D eigenvalue weighted by molar-refractivity contribution is -0.285. The average molecular weight is 480 g/mol. The Kier molecular flexibility index (Phi) is 4.81. The van der Waals surface area contributed by atoms with Gasteiger partial charge in [-0.05, 0) is 31.7 Å². The molecule has 13 atom stereocenters. The molecule has 34 heavy (non-hydrogen) atoms. The molecule has 7 aliphatic rings. The van der Waals surface area contributed by atoms with Crippen molar-refractivity contribution < 1.29 is 33.5 Å². The molecule has 8 heteroatoms. The molecule has 0 radical (unpaired) electrons. The second-order valence-electron chi connectivity index (χ2n) is 12.2. The van der Waals surface area contributed by atoms with Gasteiger partial charge < -0.3 is 33.5 Å². The summed E-state index contributed by atoms with van der Waals surface area (Å²) in [4.78, 5) is 2.66. The number of aliphatic hydroxyl groups is 1. The van der Waals surface area contributed by atoms with Crippen LogP contribution in [0.4, 0.5) is 0 Å².